The Bertz CT molecular complexity index is 1040. The Balaban J connectivity index is 2.43. The van der Waals surface area contributed by atoms with Crippen LogP contribution in [0.4, 0.5) is 0 Å². The molecule has 0 aliphatic rings. The first-order valence-electron chi connectivity index (χ1n) is 10.4. The van der Waals surface area contributed by atoms with Crippen molar-refractivity contribution in [2.24, 2.45) is 0 Å². The number of carbonyl (C=O) groups excluding carboxylic acids is 3. The molecule has 0 bridgehead atoms. The lowest BCUT2D eigenvalue weighted by molar-refractivity contribution is -0.144. The van der Waals surface area contributed by atoms with E-state index in [0.29, 0.717) is 0 Å². The van der Waals surface area contributed by atoms with Crippen LogP contribution in [0.1, 0.15) is 6.92 Å². The van der Waals surface area contributed by atoms with Crippen LogP contribution in [0.3, 0.4) is 0 Å². The number of ether oxygens (including phenoxy) is 2. The normalized spacial score (nSPS) is 10.8. The molecule has 3 aromatic rings. The minimum atomic E-state index is -2.51. The quantitative estimate of drug-likeness (QED) is 0.169. The van der Waals surface area contributed by atoms with Gasteiger partial charge in [0.05, 0.1) is 19.8 Å². The van der Waals surface area contributed by atoms with Crippen LogP contribution < -0.4 is 15.9 Å². The molecule has 0 N–H and O–H groups in total. The average Bonchev–Trinajstić information content (AvgIpc) is 2.87. The van der Waals surface area contributed by atoms with Crippen molar-refractivity contribution < 1.29 is 23.9 Å². The molecular formula is C27H26O5P+. The summed E-state index contributed by atoms with van der Waals surface area (Å²) >= 11 is 0. The predicted octanol–water partition coefficient (Wildman–Crippen LogP) is 3.21. The number of methoxy groups -OCH3 is 2. The molecule has 0 spiro atoms. The van der Waals surface area contributed by atoms with Crippen molar-refractivity contribution in [1.29, 1.82) is 0 Å². The van der Waals surface area contributed by atoms with Gasteiger partial charge in [0.2, 0.25) is 0 Å². The van der Waals surface area contributed by atoms with Crippen LogP contribution >= 0.6 is 7.26 Å². The fraction of sp³-hybridized carbons (Fsp3) is 0.148. The first kappa shape index (κ1) is 24.1. The second-order valence-electron chi connectivity index (χ2n) is 7.37. The van der Waals surface area contributed by atoms with Gasteiger partial charge in [0.1, 0.15) is 29.3 Å². The van der Waals surface area contributed by atoms with E-state index in [1.165, 1.54) is 21.1 Å². The van der Waals surface area contributed by atoms with Crippen LogP contribution in [0.2, 0.25) is 0 Å². The van der Waals surface area contributed by atoms with E-state index < -0.39 is 19.2 Å². The van der Waals surface area contributed by atoms with Gasteiger partial charge in [-0.3, -0.25) is 4.79 Å². The van der Waals surface area contributed by atoms with Gasteiger partial charge in [-0.15, -0.1) is 0 Å². The number of hydrogen-bond donors (Lipinski definition) is 0. The zero-order valence-electron chi connectivity index (χ0n) is 18.9. The highest BCUT2D eigenvalue weighted by atomic mass is 31.2. The number of allylic oxidation sites excluding steroid dienone is 1. The minimum absolute atomic E-state index is 0.0959. The average molecular weight is 461 g/mol. The Morgan fingerprint density at radius 2 is 0.970 bits per heavy atom. The van der Waals surface area contributed by atoms with Crippen molar-refractivity contribution in [3.63, 3.8) is 0 Å². The Kier molecular flexibility index (Phi) is 7.92. The summed E-state index contributed by atoms with van der Waals surface area (Å²) < 4.78 is 9.72. The van der Waals surface area contributed by atoms with E-state index >= 15 is 0 Å². The number of esters is 2. The Labute approximate surface area is 194 Å². The van der Waals surface area contributed by atoms with Gasteiger partial charge in [-0.1, -0.05) is 54.6 Å². The highest BCUT2D eigenvalue weighted by molar-refractivity contribution is 7.95. The third kappa shape index (κ3) is 4.94. The molecule has 0 aromatic heterocycles. The molecule has 0 saturated heterocycles. The number of Topliss-reactive ketones (excluding diaryl/α,β-unsaturated/α-hetero) is 1. The van der Waals surface area contributed by atoms with Crippen LogP contribution in [0.5, 0.6) is 0 Å². The maximum absolute atomic E-state index is 12.9. The number of rotatable bonds is 8. The standard InChI is InChI=1S/C27H26O5P/c1-20(28)24(25(26(29)31-2)27(30)32-3)19-33(21-13-7-4-8-14-21,22-15-9-5-10-16-22)23-17-11-6-12-18-23/h4-18H,19H2,1-3H3/q+1. The highest BCUT2D eigenvalue weighted by Gasteiger charge is 2.48. The highest BCUT2D eigenvalue weighted by Crippen LogP contribution is 2.57. The summed E-state index contributed by atoms with van der Waals surface area (Å²) in [6, 6.07) is 29.7. The van der Waals surface area contributed by atoms with E-state index in [1.807, 2.05) is 91.0 Å². The van der Waals surface area contributed by atoms with Gasteiger partial charge in [-0.2, -0.15) is 0 Å². The summed E-state index contributed by atoms with van der Waals surface area (Å²) in [4.78, 5) is 38.2. The van der Waals surface area contributed by atoms with E-state index in [-0.39, 0.29) is 23.1 Å². The summed E-state index contributed by atoms with van der Waals surface area (Å²) in [5, 5.41) is 3.07. The van der Waals surface area contributed by atoms with Crippen LogP contribution in [0.25, 0.3) is 0 Å². The molecule has 5 nitrogen and oxygen atoms in total. The molecule has 0 radical (unpaired) electrons. The van der Waals surface area contributed by atoms with Gasteiger partial charge in [0.15, 0.2) is 11.4 Å². The summed E-state index contributed by atoms with van der Waals surface area (Å²) in [5.74, 6) is -2.16. The second kappa shape index (κ2) is 10.8. The Morgan fingerprint density at radius 1 is 0.636 bits per heavy atom. The Morgan fingerprint density at radius 3 is 1.24 bits per heavy atom. The van der Waals surface area contributed by atoms with Crippen molar-refractivity contribution in [1.82, 2.24) is 0 Å². The zero-order chi connectivity index (χ0) is 23.8. The number of hydrogen-bond acceptors (Lipinski definition) is 5. The van der Waals surface area contributed by atoms with Crippen molar-refractivity contribution >= 4 is 40.9 Å². The maximum Gasteiger partial charge on any atom is 0.345 e. The molecule has 0 saturated carbocycles. The van der Waals surface area contributed by atoms with Gasteiger partial charge in [0, 0.05) is 0 Å². The second-order valence-corrected chi connectivity index (χ2v) is 10.9. The molecule has 0 aliphatic carbocycles. The van der Waals surface area contributed by atoms with Crippen molar-refractivity contribution in [3.05, 3.63) is 102 Å². The van der Waals surface area contributed by atoms with Gasteiger partial charge in [-0.25, -0.2) is 9.59 Å². The topological polar surface area (TPSA) is 69.7 Å². The molecule has 33 heavy (non-hydrogen) atoms. The first-order chi connectivity index (χ1) is 16.0. The smallest absolute Gasteiger partial charge is 0.345 e. The third-order valence-corrected chi connectivity index (χ3v) is 9.82. The van der Waals surface area contributed by atoms with Gasteiger partial charge in [-0.05, 0) is 43.3 Å². The molecule has 0 aliphatic heterocycles. The number of benzene rings is 3. The Hall–Kier alpha value is -3.56. The molecule has 0 heterocycles. The summed E-state index contributed by atoms with van der Waals surface area (Å²) in [6.45, 7) is 1.36. The SMILES string of the molecule is COC(=O)C(C(=O)OC)=C(C[P+](c1ccccc1)(c1ccccc1)c1ccccc1)C(C)=O. The molecule has 3 aromatic carbocycles. The van der Waals surface area contributed by atoms with Gasteiger partial charge in [0.25, 0.3) is 0 Å². The zero-order valence-corrected chi connectivity index (χ0v) is 19.8. The maximum atomic E-state index is 12.9. The fourth-order valence-corrected chi connectivity index (χ4v) is 8.25. The van der Waals surface area contributed by atoms with Crippen LogP contribution in [0, 0.1) is 0 Å². The lowest BCUT2D eigenvalue weighted by atomic mass is 10.1. The molecule has 3 rings (SSSR count). The lowest BCUT2D eigenvalue weighted by Gasteiger charge is -2.28. The van der Waals surface area contributed by atoms with E-state index in [0.717, 1.165) is 15.9 Å². The molecule has 0 unspecified atom stereocenters. The molecule has 0 amide bonds. The summed E-state index contributed by atoms with van der Waals surface area (Å²) in [6.07, 6.45) is 0.167. The molecule has 6 heteroatoms. The van der Waals surface area contributed by atoms with Crippen molar-refractivity contribution in [3.8, 4) is 0 Å². The summed E-state index contributed by atoms with van der Waals surface area (Å²) in [5.41, 5.74) is -0.265. The van der Waals surface area contributed by atoms with Crippen LogP contribution in [0.15, 0.2) is 102 Å². The van der Waals surface area contributed by atoms with Gasteiger partial charge >= 0.3 is 11.9 Å². The molecule has 168 valence electrons. The van der Waals surface area contributed by atoms with E-state index in [2.05, 4.69) is 0 Å². The number of ketones is 1. The van der Waals surface area contributed by atoms with Crippen molar-refractivity contribution in [2.45, 2.75) is 6.92 Å². The lowest BCUT2D eigenvalue weighted by Crippen LogP contribution is -2.36. The fourth-order valence-electron chi connectivity index (χ4n) is 3.91. The number of carbonyl (C=O) groups is 3. The van der Waals surface area contributed by atoms with E-state index in [9.17, 15) is 14.4 Å². The van der Waals surface area contributed by atoms with E-state index in [4.69, 9.17) is 9.47 Å². The first-order valence-corrected chi connectivity index (χ1v) is 12.4. The summed E-state index contributed by atoms with van der Waals surface area (Å²) in [7, 11) is -0.157. The molecule has 0 atom stereocenters. The largest absolute Gasteiger partial charge is 0.465 e. The van der Waals surface area contributed by atoms with Crippen molar-refractivity contribution in [2.75, 3.05) is 20.4 Å². The molecular weight excluding hydrogens is 435 g/mol. The van der Waals surface area contributed by atoms with Crippen LogP contribution in [-0.2, 0) is 23.9 Å². The van der Waals surface area contributed by atoms with E-state index in [1.54, 1.807) is 0 Å². The molecule has 0 fully saturated rings. The van der Waals surface area contributed by atoms with Crippen LogP contribution in [-0.4, -0.2) is 38.1 Å². The van der Waals surface area contributed by atoms with Gasteiger partial charge < -0.3 is 9.47 Å². The predicted molar refractivity (Wildman–Crippen MR) is 132 cm³/mol. The third-order valence-electron chi connectivity index (χ3n) is 5.49. The minimum Gasteiger partial charge on any atom is -0.465 e. The monoisotopic (exact) mass is 461 g/mol.